The molecule has 1 N–H and O–H groups in total. The van der Waals surface area contributed by atoms with Crippen LogP contribution in [0.5, 0.6) is 0 Å². The van der Waals surface area contributed by atoms with Crippen molar-refractivity contribution in [2.24, 2.45) is 11.8 Å². The van der Waals surface area contributed by atoms with Gasteiger partial charge >= 0.3 is 0 Å². The molecule has 0 aromatic heterocycles. The standard InChI is InChI=1S/C16H29NO/c1-3-13-8-7-9-14(12-13)16(17-4-2)15-10-5-6-11-18-15/h10,13-14,16-17H,3-9,11-12H2,1-2H3. The lowest BCUT2D eigenvalue weighted by Gasteiger charge is -2.36. The van der Waals surface area contributed by atoms with Gasteiger partial charge in [-0.1, -0.05) is 33.1 Å². The van der Waals surface area contributed by atoms with Crippen LogP contribution in [0.3, 0.4) is 0 Å². The van der Waals surface area contributed by atoms with E-state index in [1.807, 2.05) is 0 Å². The number of hydrogen-bond donors (Lipinski definition) is 1. The Morgan fingerprint density at radius 3 is 2.89 bits per heavy atom. The first kappa shape index (κ1) is 13.9. The van der Waals surface area contributed by atoms with Crippen LogP contribution in [-0.2, 0) is 4.74 Å². The molecule has 18 heavy (non-hydrogen) atoms. The maximum absolute atomic E-state index is 5.91. The third-order valence-electron chi connectivity index (χ3n) is 4.57. The molecule has 1 saturated carbocycles. The Bertz CT molecular complexity index is 274. The number of rotatable bonds is 5. The van der Waals surface area contributed by atoms with E-state index in [0.717, 1.165) is 25.0 Å². The molecular weight excluding hydrogens is 222 g/mol. The predicted molar refractivity (Wildman–Crippen MR) is 76.5 cm³/mol. The Morgan fingerprint density at radius 2 is 2.22 bits per heavy atom. The fraction of sp³-hybridized carbons (Fsp3) is 0.875. The first-order valence-corrected chi connectivity index (χ1v) is 7.91. The normalized spacial score (nSPS) is 30.4. The van der Waals surface area contributed by atoms with Crippen molar-refractivity contribution in [3.8, 4) is 0 Å². The van der Waals surface area contributed by atoms with Gasteiger partial charge in [0.25, 0.3) is 0 Å². The molecule has 0 aromatic rings. The Hall–Kier alpha value is -0.500. The molecule has 0 radical (unpaired) electrons. The Balaban J connectivity index is 2.01. The third kappa shape index (κ3) is 3.50. The molecule has 1 heterocycles. The van der Waals surface area contributed by atoms with Gasteiger partial charge < -0.3 is 10.1 Å². The quantitative estimate of drug-likeness (QED) is 0.800. The average Bonchev–Trinajstić information content (AvgIpc) is 2.46. The highest BCUT2D eigenvalue weighted by atomic mass is 16.5. The molecule has 2 rings (SSSR count). The minimum Gasteiger partial charge on any atom is -0.497 e. The van der Waals surface area contributed by atoms with Crippen molar-refractivity contribution in [1.82, 2.24) is 5.32 Å². The van der Waals surface area contributed by atoms with Gasteiger partial charge in [0.05, 0.1) is 12.6 Å². The van der Waals surface area contributed by atoms with Crippen LogP contribution in [0.4, 0.5) is 0 Å². The summed E-state index contributed by atoms with van der Waals surface area (Å²) in [7, 11) is 0. The molecule has 1 aliphatic carbocycles. The van der Waals surface area contributed by atoms with Crippen molar-refractivity contribution in [3.63, 3.8) is 0 Å². The molecule has 0 aromatic carbocycles. The van der Waals surface area contributed by atoms with Crippen molar-refractivity contribution >= 4 is 0 Å². The molecule has 104 valence electrons. The van der Waals surface area contributed by atoms with Gasteiger partial charge in [0.15, 0.2) is 0 Å². The molecule has 0 spiro atoms. The zero-order valence-electron chi connectivity index (χ0n) is 12.1. The number of allylic oxidation sites excluding steroid dienone is 1. The summed E-state index contributed by atoms with van der Waals surface area (Å²) in [5.74, 6) is 2.96. The van der Waals surface area contributed by atoms with E-state index < -0.39 is 0 Å². The molecule has 2 aliphatic rings. The SMILES string of the molecule is CCNC(C1=CCCCO1)C1CCCC(CC)C1. The lowest BCUT2D eigenvalue weighted by atomic mass is 9.76. The van der Waals surface area contributed by atoms with Gasteiger partial charge in [-0.05, 0) is 50.1 Å². The number of ether oxygens (including phenoxy) is 1. The van der Waals surface area contributed by atoms with Gasteiger partial charge in [-0.25, -0.2) is 0 Å². The zero-order chi connectivity index (χ0) is 12.8. The minimum absolute atomic E-state index is 0.477. The summed E-state index contributed by atoms with van der Waals surface area (Å²) in [6.07, 6.45) is 11.6. The van der Waals surface area contributed by atoms with Crippen molar-refractivity contribution in [2.45, 2.75) is 64.8 Å². The molecule has 1 fully saturated rings. The summed E-state index contributed by atoms with van der Waals surface area (Å²) in [5, 5.41) is 3.67. The molecule has 0 bridgehead atoms. The maximum atomic E-state index is 5.91. The second-order valence-corrected chi connectivity index (χ2v) is 5.83. The van der Waals surface area contributed by atoms with E-state index in [4.69, 9.17) is 4.74 Å². The predicted octanol–water partition coefficient (Wildman–Crippen LogP) is 3.88. The van der Waals surface area contributed by atoms with Crippen LogP contribution in [0.2, 0.25) is 0 Å². The van der Waals surface area contributed by atoms with E-state index in [-0.39, 0.29) is 0 Å². The zero-order valence-corrected chi connectivity index (χ0v) is 12.1. The lowest BCUT2D eigenvalue weighted by Crippen LogP contribution is -2.41. The minimum atomic E-state index is 0.477. The Morgan fingerprint density at radius 1 is 1.33 bits per heavy atom. The summed E-state index contributed by atoms with van der Waals surface area (Å²) in [6.45, 7) is 6.50. The van der Waals surface area contributed by atoms with E-state index in [0.29, 0.717) is 6.04 Å². The summed E-state index contributed by atoms with van der Waals surface area (Å²) in [6, 6.07) is 0.477. The second-order valence-electron chi connectivity index (χ2n) is 5.83. The van der Waals surface area contributed by atoms with Gasteiger partial charge in [0.2, 0.25) is 0 Å². The summed E-state index contributed by atoms with van der Waals surface area (Å²) in [5.41, 5.74) is 0. The molecule has 3 unspecified atom stereocenters. The first-order chi connectivity index (χ1) is 8.85. The van der Waals surface area contributed by atoms with E-state index in [1.54, 1.807) is 0 Å². The first-order valence-electron chi connectivity index (χ1n) is 7.91. The monoisotopic (exact) mass is 251 g/mol. The molecule has 0 saturated heterocycles. The van der Waals surface area contributed by atoms with Crippen LogP contribution in [0.15, 0.2) is 11.8 Å². The van der Waals surface area contributed by atoms with Crippen molar-refractivity contribution < 1.29 is 4.74 Å². The smallest absolute Gasteiger partial charge is 0.109 e. The van der Waals surface area contributed by atoms with Crippen LogP contribution >= 0.6 is 0 Å². The van der Waals surface area contributed by atoms with Crippen molar-refractivity contribution in [2.75, 3.05) is 13.2 Å². The van der Waals surface area contributed by atoms with E-state index in [9.17, 15) is 0 Å². The van der Waals surface area contributed by atoms with Crippen LogP contribution < -0.4 is 5.32 Å². The van der Waals surface area contributed by atoms with Gasteiger partial charge in [0, 0.05) is 0 Å². The third-order valence-corrected chi connectivity index (χ3v) is 4.57. The number of likely N-dealkylation sites (N-methyl/N-ethyl adjacent to an activating group) is 1. The molecule has 0 amide bonds. The van der Waals surface area contributed by atoms with Gasteiger partial charge in [-0.2, -0.15) is 0 Å². The van der Waals surface area contributed by atoms with Gasteiger partial charge in [-0.3, -0.25) is 0 Å². The van der Waals surface area contributed by atoms with Crippen LogP contribution in [0.25, 0.3) is 0 Å². The largest absolute Gasteiger partial charge is 0.497 e. The fourth-order valence-corrected chi connectivity index (χ4v) is 3.52. The molecule has 1 aliphatic heterocycles. The summed E-state index contributed by atoms with van der Waals surface area (Å²) >= 11 is 0. The van der Waals surface area contributed by atoms with Crippen molar-refractivity contribution in [3.05, 3.63) is 11.8 Å². The Labute approximate surface area is 112 Å². The summed E-state index contributed by atoms with van der Waals surface area (Å²) in [4.78, 5) is 0. The number of hydrogen-bond acceptors (Lipinski definition) is 2. The molecule has 2 heteroatoms. The summed E-state index contributed by atoms with van der Waals surface area (Å²) < 4.78 is 5.91. The average molecular weight is 251 g/mol. The van der Waals surface area contributed by atoms with E-state index in [2.05, 4.69) is 25.2 Å². The highest BCUT2D eigenvalue weighted by molar-refractivity contribution is 5.08. The highest BCUT2D eigenvalue weighted by Crippen LogP contribution is 2.35. The fourth-order valence-electron chi connectivity index (χ4n) is 3.52. The molecule has 2 nitrogen and oxygen atoms in total. The van der Waals surface area contributed by atoms with Gasteiger partial charge in [0.1, 0.15) is 5.76 Å². The molecule has 3 atom stereocenters. The van der Waals surface area contributed by atoms with Crippen LogP contribution in [0, 0.1) is 11.8 Å². The maximum Gasteiger partial charge on any atom is 0.109 e. The van der Waals surface area contributed by atoms with E-state index >= 15 is 0 Å². The van der Waals surface area contributed by atoms with Gasteiger partial charge in [-0.15, -0.1) is 0 Å². The van der Waals surface area contributed by atoms with Crippen LogP contribution in [-0.4, -0.2) is 19.2 Å². The second kappa shape index (κ2) is 7.18. The number of nitrogens with one attached hydrogen (secondary N) is 1. The van der Waals surface area contributed by atoms with Crippen molar-refractivity contribution in [1.29, 1.82) is 0 Å². The Kier molecular flexibility index (Phi) is 5.55. The van der Waals surface area contributed by atoms with E-state index in [1.165, 1.54) is 50.7 Å². The molecular formula is C16H29NO. The van der Waals surface area contributed by atoms with Crippen LogP contribution in [0.1, 0.15) is 58.8 Å². The topological polar surface area (TPSA) is 21.3 Å². The lowest BCUT2D eigenvalue weighted by molar-refractivity contribution is 0.129. The highest BCUT2D eigenvalue weighted by Gasteiger charge is 2.30.